The summed E-state index contributed by atoms with van der Waals surface area (Å²) >= 11 is 13.0. The van der Waals surface area contributed by atoms with Crippen molar-refractivity contribution in [2.75, 3.05) is 0 Å². The van der Waals surface area contributed by atoms with E-state index in [2.05, 4.69) is 5.32 Å². The van der Waals surface area contributed by atoms with Crippen molar-refractivity contribution < 1.29 is 9.18 Å². The summed E-state index contributed by atoms with van der Waals surface area (Å²) in [5.41, 5.74) is 1.19. The normalized spacial score (nSPS) is 10.5. The average molecular weight is 318 g/mol. The van der Waals surface area contributed by atoms with Crippen LogP contribution >= 0.6 is 34.5 Å². The minimum absolute atomic E-state index is 0.0813. The van der Waals surface area contributed by atoms with Crippen LogP contribution in [-0.2, 0) is 6.54 Å². The Labute approximate surface area is 124 Å². The fourth-order valence-electron chi connectivity index (χ4n) is 1.54. The minimum Gasteiger partial charge on any atom is -0.347 e. The summed E-state index contributed by atoms with van der Waals surface area (Å²) in [6.07, 6.45) is 0. The van der Waals surface area contributed by atoms with E-state index in [0.29, 0.717) is 6.54 Å². The monoisotopic (exact) mass is 317 g/mol. The van der Waals surface area contributed by atoms with Gasteiger partial charge in [0.1, 0.15) is 5.82 Å². The number of amides is 1. The van der Waals surface area contributed by atoms with Gasteiger partial charge in [0.25, 0.3) is 5.91 Å². The third kappa shape index (κ3) is 3.26. The van der Waals surface area contributed by atoms with Crippen molar-refractivity contribution >= 4 is 40.4 Å². The molecule has 1 heterocycles. The summed E-state index contributed by atoms with van der Waals surface area (Å²) in [5, 5.41) is 4.69. The fraction of sp³-hybridized carbons (Fsp3) is 0.154. The Morgan fingerprint density at radius 2 is 2.11 bits per heavy atom. The number of hydrogen-bond donors (Lipinski definition) is 1. The molecule has 0 saturated carbocycles. The number of aryl methyl sites for hydroxylation is 1. The molecule has 1 amide bonds. The molecule has 0 aliphatic rings. The van der Waals surface area contributed by atoms with Crippen molar-refractivity contribution in [2.45, 2.75) is 13.5 Å². The van der Waals surface area contributed by atoms with E-state index < -0.39 is 11.7 Å². The standard InChI is InChI=1S/C13H10Cl2FNOS/c1-7-2-3-19-12(7)6-17-13(18)8-4-11(16)10(15)5-9(8)14/h2-5H,6H2,1H3,(H,17,18). The molecule has 0 aliphatic carbocycles. The van der Waals surface area contributed by atoms with Gasteiger partial charge in [-0.05, 0) is 36.1 Å². The minimum atomic E-state index is -0.663. The Morgan fingerprint density at radius 1 is 1.37 bits per heavy atom. The number of benzene rings is 1. The number of rotatable bonds is 3. The number of nitrogens with one attached hydrogen (secondary N) is 1. The molecule has 0 bridgehead atoms. The zero-order valence-electron chi connectivity index (χ0n) is 9.97. The van der Waals surface area contributed by atoms with Crippen LogP contribution in [0.1, 0.15) is 20.8 Å². The molecule has 2 rings (SSSR count). The quantitative estimate of drug-likeness (QED) is 0.833. The van der Waals surface area contributed by atoms with Crippen molar-refractivity contribution in [3.05, 3.63) is 55.4 Å². The predicted molar refractivity (Wildman–Crippen MR) is 76.6 cm³/mol. The van der Waals surface area contributed by atoms with Gasteiger partial charge < -0.3 is 5.32 Å². The molecule has 1 N–H and O–H groups in total. The van der Waals surface area contributed by atoms with Crippen molar-refractivity contribution in [2.24, 2.45) is 0 Å². The molecule has 0 unspecified atom stereocenters. The van der Waals surface area contributed by atoms with E-state index >= 15 is 0 Å². The van der Waals surface area contributed by atoms with Gasteiger partial charge in [-0.3, -0.25) is 4.79 Å². The van der Waals surface area contributed by atoms with Gasteiger partial charge in [-0.2, -0.15) is 0 Å². The third-order valence-corrected chi connectivity index (χ3v) is 4.26. The number of carbonyl (C=O) groups excluding carboxylic acids is 1. The van der Waals surface area contributed by atoms with Gasteiger partial charge in [-0.15, -0.1) is 11.3 Å². The molecule has 0 fully saturated rings. The number of thiophene rings is 1. The molecule has 19 heavy (non-hydrogen) atoms. The van der Waals surface area contributed by atoms with Crippen LogP contribution in [0.5, 0.6) is 0 Å². The maximum absolute atomic E-state index is 13.3. The van der Waals surface area contributed by atoms with Crippen LogP contribution in [0.15, 0.2) is 23.6 Å². The summed E-state index contributed by atoms with van der Waals surface area (Å²) in [7, 11) is 0. The molecule has 1 aromatic carbocycles. The van der Waals surface area contributed by atoms with Crippen LogP contribution in [0.25, 0.3) is 0 Å². The van der Waals surface area contributed by atoms with Crippen LogP contribution in [0.3, 0.4) is 0 Å². The summed E-state index contributed by atoms with van der Waals surface area (Å²) in [6, 6.07) is 4.24. The Morgan fingerprint density at radius 3 is 2.74 bits per heavy atom. The Bertz CT molecular complexity index is 627. The number of hydrogen-bond acceptors (Lipinski definition) is 2. The largest absolute Gasteiger partial charge is 0.347 e. The SMILES string of the molecule is Cc1ccsc1CNC(=O)c1cc(F)c(Cl)cc1Cl. The zero-order chi connectivity index (χ0) is 14.0. The Kier molecular flexibility index (Phi) is 4.45. The van der Waals surface area contributed by atoms with Crippen molar-refractivity contribution in [1.82, 2.24) is 5.32 Å². The van der Waals surface area contributed by atoms with Crippen LogP contribution in [0, 0.1) is 12.7 Å². The smallest absolute Gasteiger partial charge is 0.253 e. The maximum Gasteiger partial charge on any atom is 0.253 e. The lowest BCUT2D eigenvalue weighted by Crippen LogP contribution is -2.23. The first kappa shape index (κ1) is 14.3. The molecule has 0 saturated heterocycles. The first-order chi connectivity index (χ1) is 8.99. The first-order valence-corrected chi connectivity index (χ1v) is 7.08. The van der Waals surface area contributed by atoms with E-state index in [1.54, 1.807) is 11.3 Å². The molecule has 100 valence electrons. The highest BCUT2D eigenvalue weighted by Gasteiger charge is 2.14. The summed E-state index contributed by atoms with van der Waals surface area (Å²) < 4.78 is 13.3. The highest BCUT2D eigenvalue weighted by molar-refractivity contribution is 7.10. The molecule has 0 aliphatic heterocycles. The van der Waals surface area contributed by atoms with E-state index in [9.17, 15) is 9.18 Å². The molecule has 0 spiro atoms. The van der Waals surface area contributed by atoms with Gasteiger partial charge >= 0.3 is 0 Å². The van der Waals surface area contributed by atoms with Crippen LogP contribution < -0.4 is 5.32 Å². The summed E-state index contributed by atoms with van der Waals surface area (Å²) in [6.45, 7) is 2.36. The second kappa shape index (κ2) is 5.90. The summed E-state index contributed by atoms with van der Waals surface area (Å²) in [5.74, 6) is -1.09. The van der Waals surface area contributed by atoms with Gasteiger partial charge in [0.05, 0.1) is 22.2 Å². The molecule has 2 nitrogen and oxygen atoms in total. The van der Waals surface area contributed by atoms with Gasteiger partial charge in [0.2, 0.25) is 0 Å². The maximum atomic E-state index is 13.3. The lowest BCUT2D eigenvalue weighted by Gasteiger charge is -2.07. The molecule has 2 aromatic rings. The second-order valence-corrected chi connectivity index (χ2v) is 5.77. The van der Waals surface area contributed by atoms with Crippen LogP contribution in [-0.4, -0.2) is 5.91 Å². The topological polar surface area (TPSA) is 29.1 Å². The molecular formula is C13H10Cl2FNOS. The molecule has 0 radical (unpaired) electrons. The third-order valence-electron chi connectivity index (χ3n) is 2.63. The Balaban J connectivity index is 2.12. The number of halogens is 3. The van der Waals surface area contributed by atoms with E-state index in [1.807, 2.05) is 18.4 Å². The van der Waals surface area contributed by atoms with Crippen molar-refractivity contribution in [1.29, 1.82) is 0 Å². The molecule has 1 aromatic heterocycles. The van der Waals surface area contributed by atoms with Gasteiger partial charge in [0, 0.05) is 4.88 Å². The van der Waals surface area contributed by atoms with Crippen molar-refractivity contribution in [3.63, 3.8) is 0 Å². The Hall–Kier alpha value is -1.10. The van der Waals surface area contributed by atoms with E-state index in [4.69, 9.17) is 23.2 Å². The molecule has 0 atom stereocenters. The number of carbonyl (C=O) groups is 1. The molecular weight excluding hydrogens is 308 g/mol. The lowest BCUT2D eigenvalue weighted by atomic mass is 10.2. The van der Waals surface area contributed by atoms with E-state index in [0.717, 1.165) is 16.5 Å². The first-order valence-electron chi connectivity index (χ1n) is 5.44. The summed E-state index contributed by atoms with van der Waals surface area (Å²) in [4.78, 5) is 13.0. The van der Waals surface area contributed by atoms with E-state index in [-0.39, 0.29) is 15.6 Å². The highest BCUT2D eigenvalue weighted by atomic mass is 35.5. The predicted octanol–water partition coefficient (Wildman–Crippen LogP) is 4.43. The highest BCUT2D eigenvalue weighted by Crippen LogP contribution is 2.24. The second-order valence-electron chi connectivity index (χ2n) is 3.96. The molecule has 6 heteroatoms. The lowest BCUT2D eigenvalue weighted by molar-refractivity contribution is 0.0951. The van der Waals surface area contributed by atoms with Gasteiger partial charge in [0.15, 0.2) is 0 Å². The average Bonchev–Trinajstić information content (AvgIpc) is 2.76. The van der Waals surface area contributed by atoms with Crippen molar-refractivity contribution in [3.8, 4) is 0 Å². The van der Waals surface area contributed by atoms with Crippen LogP contribution in [0.2, 0.25) is 10.0 Å². The zero-order valence-corrected chi connectivity index (χ0v) is 12.3. The van der Waals surface area contributed by atoms with E-state index in [1.165, 1.54) is 6.07 Å². The van der Waals surface area contributed by atoms with Gasteiger partial charge in [-0.1, -0.05) is 23.2 Å². The van der Waals surface area contributed by atoms with Crippen LogP contribution in [0.4, 0.5) is 4.39 Å². The van der Waals surface area contributed by atoms with Gasteiger partial charge in [-0.25, -0.2) is 4.39 Å². The fourth-order valence-corrected chi connectivity index (χ4v) is 2.85.